The number of ether oxygens (including phenoxy) is 2. The van der Waals surface area contributed by atoms with Gasteiger partial charge in [0.05, 0.1) is 17.2 Å². The molecule has 1 amide bonds. The molecule has 1 saturated heterocycles. The van der Waals surface area contributed by atoms with Crippen molar-refractivity contribution in [1.29, 1.82) is 0 Å². The number of likely N-dealkylation sites (tertiary alicyclic amines) is 1. The topological polar surface area (TPSA) is 50.8 Å². The van der Waals surface area contributed by atoms with Crippen molar-refractivity contribution in [2.24, 2.45) is 0 Å². The van der Waals surface area contributed by atoms with E-state index in [-0.39, 0.29) is 0 Å². The van der Waals surface area contributed by atoms with Crippen molar-refractivity contribution in [1.82, 2.24) is 9.74 Å². The smallest absolute Gasteiger partial charge is 0.267 e. The molecule has 5 rings (SSSR count). The van der Waals surface area contributed by atoms with Crippen LogP contribution in [0.3, 0.4) is 0 Å². The van der Waals surface area contributed by atoms with Gasteiger partial charge in [0.15, 0.2) is 0 Å². The van der Waals surface area contributed by atoms with E-state index in [1.165, 1.54) is 19.3 Å². The van der Waals surface area contributed by atoms with Crippen molar-refractivity contribution < 1.29 is 14.3 Å². The molecule has 30 heavy (non-hydrogen) atoms. The first-order chi connectivity index (χ1) is 14.6. The minimum Gasteiger partial charge on any atom is -0.462 e. The molecule has 3 aliphatic rings. The first-order valence-corrected chi connectivity index (χ1v) is 11.2. The van der Waals surface area contributed by atoms with E-state index in [0.717, 1.165) is 54.4 Å². The van der Waals surface area contributed by atoms with Gasteiger partial charge in [-0.1, -0.05) is 30.2 Å². The lowest BCUT2D eigenvalue weighted by atomic mass is 9.89. The van der Waals surface area contributed by atoms with Crippen LogP contribution in [-0.4, -0.2) is 35.7 Å². The van der Waals surface area contributed by atoms with E-state index in [2.05, 4.69) is 15.8 Å². The molecule has 2 heterocycles. The highest BCUT2D eigenvalue weighted by atomic mass is 35.5. The molecular formula is C23H24Cl2N2O3. The van der Waals surface area contributed by atoms with Crippen LogP contribution in [0.25, 0.3) is 11.1 Å². The number of nitrogens with one attached hydrogen (secondary N) is 1. The molecular weight excluding hydrogens is 423 g/mol. The average molecular weight is 447 g/mol. The first kappa shape index (κ1) is 20.1. The normalized spacial score (nSPS) is 20.9. The van der Waals surface area contributed by atoms with Crippen molar-refractivity contribution in [2.75, 3.05) is 13.1 Å². The molecule has 2 fully saturated rings. The quantitative estimate of drug-likeness (QED) is 0.662. The Labute approximate surface area is 186 Å². The molecule has 7 heteroatoms. The molecule has 2 aromatic carbocycles. The van der Waals surface area contributed by atoms with E-state index in [0.29, 0.717) is 17.2 Å². The van der Waals surface area contributed by atoms with Gasteiger partial charge in [-0.2, -0.15) is 0 Å². The predicted molar refractivity (Wildman–Crippen MR) is 117 cm³/mol. The van der Waals surface area contributed by atoms with E-state index in [9.17, 15) is 4.79 Å². The number of carbonyl (C=O) groups is 1. The lowest BCUT2D eigenvalue weighted by molar-refractivity contribution is -0.231. The summed E-state index contributed by atoms with van der Waals surface area (Å²) >= 11 is 11.6. The van der Waals surface area contributed by atoms with Crippen LogP contribution in [0.2, 0.25) is 5.02 Å². The summed E-state index contributed by atoms with van der Waals surface area (Å²) in [5, 5.41) is 0.358. The number of nitrogens with zero attached hydrogens (tertiary/aromatic N) is 1. The Morgan fingerprint density at radius 2 is 1.83 bits per heavy atom. The fourth-order valence-corrected chi connectivity index (χ4v) is 4.87. The van der Waals surface area contributed by atoms with E-state index in [1.54, 1.807) is 12.1 Å². The van der Waals surface area contributed by atoms with Crippen molar-refractivity contribution in [2.45, 2.75) is 50.5 Å². The molecule has 1 spiro atoms. The van der Waals surface area contributed by atoms with Gasteiger partial charge in [-0.05, 0) is 48.2 Å². The van der Waals surface area contributed by atoms with Gasteiger partial charge in [0, 0.05) is 49.3 Å². The van der Waals surface area contributed by atoms with Crippen LogP contribution < -0.4 is 9.57 Å². The van der Waals surface area contributed by atoms with Crippen molar-refractivity contribution in [3.63, 3.8) is 0 Å². The summed E-state index contributed by atoms with van der Waals surface area (Å²) in [4.78, 5) is 16.6. The Balaban J connectivity index is 1.33. The molecule has 5 nitrogen and oxygen atoms in total. The van der Waals surface area contributed by atoms with Gasteiger partial charge in [-0.3, -0.25) is 14.5 Å². The minimum atomic E-state index is -0.499. The third-order valence-electron chi connectivity index (χ3n) is 6.63. The summed E-state index contributed by atoms with van der Waals surface area (Å²) in [6.07, 6.45) is 5.83. The molecule has 0 atom stereocenters. The molecule has 1 aliphatic carbocycles. The van der Waals surface area contributed by atoms with Crippen molar-refractivity contribution in [3.8, 4) is 16.9 Å². The lowest BCUT2D eigenvalue weighted by Crippen LogP contribution is -2.54. The van der Waals surface area contributed by atoms with Gasteiger partial charge in [0.2, 0.25) is 5.79 Å². The number of carbonyl (C=O) groups excluding carboxylic acids is 1. The molecule has 2 aliphatic heterocycles. The van der Waals surface area contributed by atoms with Crippen LogP contribution in [0.15, 0.2) is 36.4 Å². The van der Waals surface area contributed by atoms with Gasteiger partial charge < -0.3 is 9.47 Å². The second-order valence-corrected chi connectivity index (χ2v) is 8.96. The van der Waals surface area contributed by atoms with E-state index in [1.807, 2.05) is 18.2 Å². The van der Waals surface area contributed by atoms with Crippen LogP contribution in [0, 0.1) is 0 Å². The van der Waals surface area contributed by atoms with Crippen molar-refractivity contribution in [3.05, 3.63) is 52.5 Å². The van der Waals surface area contributed by atoms with E-state index < -0.39 is 11.7 Å². The molecule has 158 valence electrons. The molecule has 1 N–H and O–H groups in total. The maximum atomic E-state index is 11.9. The monoisotopic (exact) mass is 446 g/mol. The molecule has 0 aromatic heterocycles. The largest absolute Gasteiger partial charge is 0.462 e. The van der Waals surface area contributed by atoms with Crippen LogP contribution >= 0.6 is 23.4 Å². The SMILES string of the molecule is O=C(NCl)c1cc(-c2ccc3c(c2)COC2(CCN(C4CCC4)CC2)O3)ccc1Cl. The number of fused-ring (bicyclic) bond motifs is 1. The average Bonchev–Trinajstić information content (AvgIpc) is 2.74. The number of hydrogen-bond donors (Lipinski definition) is 1. The van der Waals surface area contributed by atoms with Crippen LogP contribution in [0.4, 0.5) is 0 Å². The summed E-state index contributed by atoms with van der Waals surface area (Å²) in [5.41, 5.74) is 3.20. The Hall–Kier alpha value is -1.79. The third kappa shape index (κ3) is 3.69. The number of piperidine rings is 1. The van der Waals surface area contributed by atoms with Crippen LogP contribution in [-0.2, 0) is 11.3 Å². The first-order valence-electron chi connectivity index (χ1n) is 10.5. The van der Waals surface area contributed by atoms with Gasteiger partial charge in [-0.15, -0.1) is 0 Å². The zero-order valence-electron chi connectivity index (χ0n) is 16.6. The molecule has 0 unspecified atom stereocenters. The van der Waals surface area contributed by atoms with Crippen molar-refractivity contribution >= 4 is 29.3 Å². The number of halogens is 2. The Kier molecular flexibility index (Phi) is 5.40. The number of rotatable bonds is 3. The standard InChI is InChI=1S/C23H24Cl2N2O3/c24-20-6-4-16(13-19(20)22(28)26-25)15-5-7-21-17(12-15)14-29-23(30-21)8-10-27(11-9-23)18-2-1-3-18/h4-7,12-13,18H,1-3,8-11,14H2,(H,26,28). The second-order valence-electron chi connectivity index (χ2n) is 8.36. The van der Waals surface area contributed by atoms with E-state index in [4.69, 9.17) is 32.9 Å². The third-order valence-corrected chi connectivity index (χ3v) is 7.13. The second kappa shape index (κ2) is 8.04. The summed E-state index contributed by atoms with van der Waals surface area (Å²) in [6.45, 7) is 2.59. The summed E-state index contributed by atoms with van der Waals surface area (Å²) in [7, 11) is 0. The molecule has 1 saturated carbocycles. The highest BCUT2D eigenvalue weighted by Crippen LogP contribution is 2.40. The highest BCUT2D eigenvalue weighted by molar-refractivity contribution is 6.35. The zero-order valence-corrected chi connectivity index (χ0v) is 18.1. The van der Waals surface area contributed by atoms with Crippen LogP contribution in [0.1, 0.15) is 48.0 Å². The number of amides is 1. The summed E-state index contributed by atoms with van der Waals surface area (Å²) < 4.78 is 12.6. The zero-order chi connectivity index (χ0) is 20.7. The molecule has 0 radical (unpaired) electrons. The summed E-state index contributed by atoms with van der Waals surface area (Å²) in [5.74, 6) is -0.0428. The highest BCUT2D eigenvalue weighted by Gasteiger charge is 2.42. The van der Waals surface area contributed by atoms with Gasteiger partial charge in [-0.25, -0.2) is 0 Å². The van der Waals surface area contributed by atoms with Crippen LogP contribution in [0.5, 0.6) is 5.75 Å². The Morgan fingerprint density at radius 3 is 2.53 bits per heavy atom. The van der Waals surface area contributed by atoms with Gasteiger partial charge >= 0.3 is 0 Å². The maximum absolute atomic E-state index is 11.9. The lowest BCUT2D eigenvalue weighted by Gasteiger charge is -2.47. The fourth-order valence-electron chi connectivity index (χ4n) is 4.57. The minimum absolute atomic E-state index is 0.339. The number of hydrogen-bond acceptors (Lipinski definition) is 4. The molecule has 0 bridgehead atoms. The Morgan fingerprint density at radius 1 is 1.10 bits per heavy atom. The number of benzene rings is 2. The van der Waals surface area contributed by atoms with Gasteiger partial charge in [0.1, 0.15) is 5.75 Å². The molecule has 2 aromatic rings. The fraction of sp³-hybridized carbons (Fsp3) is 0.435. The predicted octanol–water partition coefficient (Wildman–Crippen LogP) is 5.14. The summed E-state index contributed by atoms with van der Waals surface area (Å²) in [6, 6.07) is 12.2. The maximum Gasteiger partial charge on any atom is 0.267 e. The Bertz CT molecular complexity index is 969. The van der Waals surface area contributed by atoms with E-state index >= 15 is 0 Å². The van der Waals surface area contributed by atoms with Gasteiger partial charge in [0.25, 0.3) is 5.91 Å².